The zero-order valence-corrected chi connectivity index (χ0v) is 18.7. The smallest absolute Gasteiger partial charge is 0.288 e. The molecular weight excluding hydrogens is 476 g/mol. The van der Waals surface area contributed by atoms with Crippen molar-refractivity contribution < 1.29 is 24.0 Å². The number of nitrogens with zero attached hydrogens (tertiary/aromatic N) is 2. The Morgan fingerprint density at radius 3 is 2.51 bits per heavy atom. The Labute approximate surface area is 204 Å². The van der Waals surface area contributed by atoms with Crippen LogP contribution in [0.5, 0.6) is 11.5 Å². The SMILES string of the molecule is O=C(N/N=C/c1ccc(Cl)c([N+](=O)[O-])c1)/C(=C\c1ccc2c(c1)OCO2)NC(=O)c1ccccc1. The molecule has 1 heterocycles. The van der Waals surface area contributed by atoms with Crippen LogP contribution in [-0.4, -0.2) is 29.7 Å². The standard InChI is InChI=1S/C24H17ClN4O6/c25-18-8-6-16(11-20(18)29(32)33)13-26-28-24(31)19(27-23(30)17-4-2-1-3-5-17)10-15-7-9-21-22(12-15)35-14-34-21/h1-13H,14H2,(H,27,30)(H,28,31)/b19-10+,26-13+. The molecule has 0 radical (unpaired) electrons. The van der Waals surface area contributed by atoms with E-state index in [9.17, 15) is 19.7 Å². The number of halogens is 1. The molecule has 2 amide bonds. The molecule has 35 heavy (non-hydrogen) atoms. The highest BCUT2D eigenvalue weighted by Crippen LogP contribution is 2.33. The van der Waals surface area contributed by atoms with E-state index >= 15 is 0 Å². The van der Waals surface area contributed by atoms with Crippen molar-refractivity contribution >= 4 is 41.4 Å². The van der Waals surface area contributed by atoms with Crippen molar-refractivity contribution in [1.82, 2.24) is 10.7 Å². The van der Waals surface area contributed by atoms with E-state index in [4.69, 9.17) is 21.1 Å². The van der Waals surface area contributed by atoms with Crippen molar-refractivity contribution in [3.63, 3.8) is 0 Å². The fourth-order valence-electron chi connectivity index (χ4n) is 3.09. The first-order chi connectivity index (χ1) is 16.9. The van der Waals surface area contributed by atoms with Crippen LogP contribution in [0.25, 0.3) is 6.08 Å². The third-order valence-corrected chi connectivity index (χ3v) is 5.10. The number of hydrogen-bond acceptors (Lipinski definition) is 7. The molecule has 0 fully saturated rings. The molecule has 0 unspecified atom stereocenters. The van der Waals surface area contributed by atoms with Gasteiger partial charge in [0.15, 0.2) is 11.5 Å². The first kappa shape index (κ1) is 23.5. The molecule has 0 aromatic heterocycles. The number of amides is 2. The van der Waals surface area contributed by atoms with Gasteiger partial charge in [0.05, 0.1) is 11.1 Å². The number of rotatable bonds is 7. The van der Waals surface area contributed by atoms with E-state index in [1.54, 1.807) is 48.5 Å². The Bertz CT molecular complexity index is 1360. The molecule has 11 heteroatoms. The summed E-state index contributed by atoms with van der Waals surface area (Å²) in [7, 11) is 0. The van der Waals surface area contributed by atoms with Crippen LogP contribution in [0.4, 0.5) is 5.69 Å². The van der Waals surface area contributed by atoms with E-state index in [2.05, 4.69) is 15.8 Å². The summed E-state index contributed by atoms with van der Waals surface area (Å²) in [6.07, 6.45) is 2.68. The summed E-state index contributed by atoms with van der Waals surface area (Å²) in [5.41, 5.74) is 3.21. The maximum atomic E-state index is 12.9. The summed E-state index contributed by atoms with van der Waals surface area (Å²) in [5.74, 6) is -0.130. The molecule has 176 valence electrons. The van der Waals surface area contributed by atoms with Crippen LogP contribution in [0.2, 0.25) is 5.02 Å². The third-order valence-electron chi connectivity index (χ3n) is 4.78. The van der Waals surface area contributed by atoms with Crippen LogP contribution in [0.15, 0.2) is 77.5 Å². The second-order valence-corrected chi connectivity index (χ2v) is 7.57. The van der Waals surface area contributed by atoms with E-state index in [0.717, 1.165) is 0 Å². The summed E-state index contributed by atoms with van der Waals surface area (Å²) >= 11 is 5.81. The summed E-state index contributed by atoms with van der Waals surface area (Å²) in [6.45, 7) is 0.0954. The second kappa shape index (κ2) is 10.5. The minimum Gasteiger partial charge on any atom is -0.454 e. The number of carbonyl (C=O) groups excluding carboxylic acids is 2. The number of fused-ring (bicyclic) bond motifs is 1. The lowest BCUT2D eigenvalue weighted by atomic mass is 10.1. The minimum absolute atomic E-state index is 0.0197. The van der Waals surface area contributed by atoms with Crippen molar-refractivity contribution in [1.29, 1.82) is 0 Å². The number of nitro groups is 1. The molecule has 0 saturated carbocycles. The Kier molecular flexibility index (Phi) is 7.03. The van der Waals surface area contributed by atoms with Crippen LogP contribution < -0.4 is 20.2 Å². The van der Waals surface area contributed by atoms with Gasteiger partial charge in [0.1, 0.15) is 10.7 Å². The van der Waals surface area contributed by atoms with Crippen LogP contribution in [0.1, 0.15) is 21.5 Å². The van der Waals surface area contributed by atoms with Crippen molar-refractivity contribution in [2.24, 2.45) is 5.10 Å². The van der Waals surface area contributed by atoms with Gasteiger partial charge in [-0.15, -0.1) is 0 Å². The summed E-state index contributed by atoms with van der Waals surface area (Å²) in [6, 6.07) is 17.5. The maximum absolute atomic E-state index is 12.9. The second-order valence-electron chi connectivity index (χ2n) is 7.16. The van der Waals surface area contributed by atoms with Crippen molar-refractivity contribution in [2.75, 3.05) is 6.79 Å². The quantitative estimate of drug-likeness (QED) is 0.222. The van der Waals surface area contributed by atoms with Gasteiger partial charge in [-0.1, -0.05) is 41.9 Å². The van der Waals surface area contributed by atoms with Gasteiger partial charge in [0.25, 0.3) is 17.5 Å². The molecule has 2 N–H and O–H groups in total. The van der Waals surface area contributed by atoms with Crippen molar-refractivity contribution in [3.05, 3.63) is 104 Å². The molecule has 1 aliphatic rings. The molecule has 4 rings (SSSR count). The lowest BCUT2D eigenvalue weighted by Crippen LogP contribution is -2.32. The molecule has 0 bridgehead atoms. The highest BCUT2D eigenvalue weighted by Gasteiger charge is 2.17. The van der Waals surface area contributed by atoms with Gasteiger partial charge in [0, 0.05) is 17.2 Å². The predicted octanol–water partition coefficient (Wildman–Crippen LogP) is 3.90. The molecule has 0 saturated heterocycles. The largest absolute Gasteiger partial charge is 0.454 e. The maximum Gasteiger partial charge on any atom is 0.288 e. The first-order valence-corrected chi connectivity index (χ1v) is 10.5. The van der Waals surface area contributed by atoms with Gasteiger partial charge >= 0.3 is 0 Å². The lowest BCUT2D eigenvalue weighted by molar-refractivity contribution is -0.384. The van der Waals surface area contributed by atoms with Gasteiger partial charge in [-0.05, 0) is 42.0 Å². The zero-order chi connectivity index (χ0) is 24.8. The van der Waals surface area contributed by atoms with E-state index in [1.807, 2.05) is 0 Å². The highest BCUT2D eigenvalue weighted by molar-refractivity contribution is 6.32. The number of nitro benzene ring substituents is 1. The molecule has 10 nitrogen and oxygen atoms in total. The van der Waals surface area contributed by atoms with Gasteiger partial charge < -0.3 is 14.8 Å². The van der Waals surface area contributed by atoms with Gasteiger partial charge in [-0.2, -0.15) is 5.10 Å². The minimum atomic E-state index is -0.716. The molecule has 3 aromatic carbocycles. The molecule has 0 spiro atoms. The van der Waals surface area contributed by atoms with Gasteiger partial charge in [-0.3, -0.25) is 19.7 Å². The summed E-state index contributed by atoms with van der Waals surface area (Å²) in [5, 5.41) is 17.5. The van der Waals surface area contributed by atoms with Crippen molar-refractivity contribution in [3.8, 4) is 11.5 Å². The average molecular weight is 493 g/mol. The monoisotopic (exact) mass is 492 g/mol. The Balaban J connectivity index is 1.56. The van der Waals surface area contributed by atoms with E-state index in [1.165, 1.54) is 30.5 Å². The van der Waals surface area contributed by atoms with Crippen LogP contribution in [0.3, 0.4) is 0 Å². The molecule has 0 aliphatic carbocycles. The average Bonchev–Trinajstić information content (AvgIpc) is 3.33. The van der Waals surface area contributed by atoms with Crippen LogP contribution in [0, 0.1) is 10.1 Å². The van der Waals surface area contributed by atoms with Crippen LogP contribution in [-0.2, 0) is 4.79 Å². The first-order valence-electron chi connectivity index (χ1n) is 10.2. The van der Waals surface area contributed by atoms with Gasteiger partial charge in [0.2, 0.25) is 6.79 Å². The molecule has 1 aliphatic heterocycles. The number of hydrazone groups is 1. The fourth-order valence-corrected chi connectivity index (χ4v) is 3.27. The van der Waals surface area contributed by atoms with E-state index in [-0.39, 0.29) is 23.2 Å². The van der Waals surface area contributed by atoms with Crippen LogP contribution >= 0.6 is 11.6 Å². The number of nitrogens with one attached hydrogen (secondary N) is 2. The number of benzene rings is 3. The zero-order valence-electron chi connectivity index (χ0n) is 17.9. The topological polar surface area (TPSA) is 132 Å². The normalized spacial score (nSPS) is 12.4. The fraction of sp³-hybridized carbons (Fsp3) is 0.0417. The Hall–Kier alpha value is -4.70. The van der Waals surface area contributed by atoms with E-state index < -0.39 is 16.7 Å². The Morgan fingerprint density at radius 2 is 1.74 bits per heavy atom. The number of carbonyl (C=O) groups is 2. The predicted molar refractivity (Wildman–Crippen MR) is 128 cm³/mol. The summed E-state index contributed by atoms with van der Waals surface area (Å²) < 4.78 is 10.7. The third kappa shape index (κ3) is 5.81. The lowest BCUT2D eigenvalue weighted by Gasteiger charge is -2.09. The number of hydrogen-bond donors (Lipinski definition) is 2. The Morgan fingerprint density at radius 1 is 1.00 bits per heavy atom. The number of ether oxygens (including phenoxy) is 2. The molecule has 0 atom stereocenters. The molecule has 3 aromatic rings. The highest BCUT2D eigenvalue weighted by atomic mass is 35.5. The van der Waals surface area contributed by atoms with E-state index in [0.29, 0.717) is 28.2 Å². The molecular formula is C24H17ClN4O6. The summed E-state index contributed by atoms with van der Waals surface area (Å²) in [4.78, 5) is 36.0. The van der Waals surface area contributed by atoms with Crippen molar-refractivity contribution in [2.45, 2.75) is 0 Å². The van der Waals surface area contributed by atoms with Gasteiger partial charge in [-0.25, -0.2) is 5.43 Å².